The van der Waals surface area contributed by atoms with E-state index in [1.807, 2.05) is 13.8 Å². The summed E-state index contributed by atoms with van der Waals surface area (Å²) >= 11 is 0. The number of rotatable bonds is 6. The van der Waals surface area contributed by atoms with Gasteiger partial charge in [0, 0.05) is 30.5 Å². The molecule has 1 rings (SSSR count). The minimum atomic E-state index is -0.251. The van der Waals surface area contributed by atoms with Gasteiger partial charge in [-0.05, 0) is 20.3 Å². The Kier molecular flexibility index (Phi) is 4.33. The molecule has 1 aliphatic carbocycles. The number of hydrogen-bond acceptors (Lipinski definition) is 3. The number of nitrogens with two attached hydrogens (primary N) is 1. The van der Waals surface area contributed by atoms with E-state index in [1.165, 1.54) is 0 Å². The minimum Gasteiger partial charge on any atom is -0.378 e. The third-order valence-electron chi connectivity index (χ3n) is 3.54. The van der Waals surface area contributed by atoms with Crippen LogP contribution in [0.5, 0.6) is 0 Å². The van der Waals surface area contributed by atoms with Crippen molar-refractivity contribution >= 4 is 5.91 Å². The Hall–Kier alpha value is -0.610. The number of primary amides is 1. The number of amides is 1. The summed E-state index contributed by atoms with van der Waals surface area (Å²) in [5.41, 5.74) is 5.31. The maximum absolute atomic E-state index is 10.8. The first-order valence-electron chi connectivity index (χ1n) is 6.03. The summed E-state index contributed by atoms with van der Waals surface area (Å²) in [7, 11) is 0. The monoisotopic (exact) mass is 228 g/mol. The fraction of sp³-hybridized carbons (Fsp3) is 0.917. The first kappa shape index (κ1) is 13.5. The van der Waals surface area contributed by atoms with Gasteiger partial charge in [0.25, 0.3) is 0 Å². The van der Waals surface area contributed by atoms with Crippen LogP contribution in [0.15, 0.2) is 0 Å². The Balaban J connectivity index is 2.38. The lowest BCUT2D eigenvalue weighted by Gasteiger charge is -2.52. The molecule has 0 aromatic carbocycles. The molecule has 3 atom stereocenters. The lowest BCUT2D eigenvalue weighted by molar-refractivity contribution is -0.122. The molecule has 0 saturated heterocycles. The van der Waals surface area contributed by atoms with Crippen LogP contribution in [0.25, 0.3) is 0 Å². The van der Waals surface area contributed by atoms with Gasteiger partial charge in [-0.1, -0.05) is 13.8 Å². The fourth-order valence-electron chi connectivity index (χ4n) is 2.36. The first-order valence-corrected chi connectivity index (χ1v) is 6.03. The molecule has 16 heavy (non-hydrogen) atoms. The van der Waals surface area contributed by atoms with E-state index in [0.29, 0.717) is 18.6 Å². The lowest BCUT2D eigenvalue weighted by atomic mass is 9.64. The number of nitrogens with one attached hydrogen (secondary N) is 1. The molecule has 3 N–H and O–H groups in total. The zero-order valence-corrected chi connectivity index (χ0v) is 10.7. The van der Waals surface area contributed by atoms with Gasteiger partial charge in [-0.3, -0.25) is 4.79 Å². The molecule has 0 aliphatic heterocycles. The van der Waals surface area contributed by atoms with Crippen LogP contribution in [-0.4, -0.2) is 30.7 Å². The van der Waals surface area contributed by atoms with Gasteiger partial charge in [0.2, 0.25) is 5.91 Å². The van der Waals surface area contributed by atoms with E-state index < -0.39 is 0 Å². The van der Waals surface area contributed by atoms with E-state index in [0.717, 1.165) is 13.0 Å². The maximum Gasteiger partial charge on any atom is 0.218 e. The number of ether oxygens (including phenoxy) is 1. The van der Waals surface area contributed by atoms with Gasteiger partial charge in [0.1, 0.15) is 0 Å². The van der Waals surface area contributed by atoms with Gasteiger partial charge in [0.05, 0.1) is 6.10 Å². The fourth-order valence-corrected chi connectivity index (χ4v) is 2.36. The zero-order valence-electron chi connectivity index (χ0n) is 10.7. The summed E-state index contributed by atoms with van der Waals surface area (Å²) in [5, 5.41) is 3.45. The largest absolute Gasteiger partial charge is 0.378 e. The van der Waals surface area contributed by atoms with Crippen molar-refractivity contribution in [1.82, 2.24) is 5.32 Å². The van der Waals surface area contributed by atoms with Gasteiger partial charge < -0.3 is 15.8 Å². The highest BCUT2D eigenvalue weighted by Crippen LogP contribution is 2.42. The third-order valence-corrected chi connectivity index (χ3v) is 3.54. The van der Waals surface area contributed by atoms with Crippen LogP contribution in [0.3, 0.4) is 0 Å². The van der Waals surface area contributed by atoms with Crippen LogP contribution in [0, 0.1) is 5.41 Å². The van der Waals surface area contributed by atoms with Gasteiger partial charge in [-0.2, -0.15) is 0 Å². The highest BCUT2D eigenvalue weighted by molar-refractivity contribution is 5.74. The molecule has 0 spiro atoms. The zero-order chi connectivity index (χ0) is 12.3. The van der Waals surface area contributed by atoms with Crippen molar-refractivity contribution in [3.63, 3.8) is 0 Å². The molecule has 4 heteroatoms. The van der Waals surface area contributed by atoms with Crippen LogP contribution >= 0.6 is 0 Å². The normalized spacial score (nSPS) is 29.5. The average Bonchev–Trinajstić information content (AvgIpc) is 2.15. The molecule has 1 amide bonds. The van der Waals surface area contributed by atoms with Crippen molar-refractivity contribution in [3.8, 4) is 0 Å². The van der Waals surface area contributed by atoms with Crippen molar-refractivity contribution in [2.24, 2.45) is 11.1 Å². The number of carbonyl (C=O) groups excluding carboxylic acids is 1. The number of hydrogen-bond donors (Lipinski definition) is 2. The van der Waals surface area contributed by atoms with Crippen molar-refractivity contribution in [3.05, 3.63) is 0 Å². The van der Waals surface area contributed by atoms with Crippen LogP contribution in [0.2, 0.25) is 0 Å². The third kappa shape index (κ3) is 2.95. The average molecular weight is 228 g/mol. The van der Waals surface area contributed by atoms with E-state index in [-0.39, 0.29) is 17.4 Å². The summed E-state index contributed by atoms with van der Waals surface area (Å²) in [6.45, 7) is 9.18. The molecule has 0 radical (unpaired) electrons. The SMILES string of the molecule is CCOC1CC(NC(C)CC(N)=O)C1(C)C. The van der Waals surface area contributed by atoms with E-state index >= 15 is 0 Å². The Morgan fingerprint density at radius 1 is 1.62 bits per heavy atom. The number of carbonyl (C=O) groups is 1. The van der Waals surface area contributed by atoms with Crippen molar-refractivity contribution < 1.29 is 9.53 Å². The standard InChI is InChI=1S/C12H24N2O2/c1-5-16-10-7-9(12(10,3)4)14-8(2)6-11(13)15/h8-10,14H,5-7H2,1-4H3,(H2,13,15). The molecule has 4 nitrogen and oxygen atoms in total. The minimum absolute atomic E-state index is 0.141. The molecule has 1 fully saturated rings. The van der Waals surface area contributed by atoms with Crippen LogP contribution < -0.4 is 11.1 Å². The van der Waals surface area contributed by atoms with E-state index in [4.69, 9.17) is 10.5 Å². The van der Waals surface area contributed by atoms with Crippen LogP contribution in [0.1, 0.15) is 40.5 Å². The molecule has 3 unspecified atom stereocenters. The molecule has 0 bridgehead atoms. The predicted octanol–water partition coefficient (Wildman–Crippen LogP) is 1.04. The van der Waals surface area contributed by atoms with Crippen molar-refractivity contribution in [1.29, 1.82) is 0 Å². The molecule has 0 heterocycles. The predicted molar refractivity (Wildman–Crippen MR) is 64.0 cm³/mol. The second-order valence-corrected chi connectivity index (χ2v) is 5.29. The van der Waals surface area contributed by atoms with Gasteiger partial charge in [-0.25, -0.2) is 0 Å². The Labute approximate surface area is 97.9 Å². The van der Waals surface area contributed by atoms with Crippen LogP contribution in [0.4, 0.5) is 0 Å². The maximum atomic E-state index is 10.8. The molecular weight excluding hydrogens is 204 g/mol. The summed E-state index contributed by atoms with van der Waals surface area (Å²) in [4.78, 5) is 10.8. The van der Waals surface area contributed by atoms with E-state index in [2.05, 4.69) is 19.2 Å². The molecule has 1 aliphatic rings. The lowest BCUT2D eigenvalue weighted by Crippen LogP contribution is -2.62. The van der Waals surface area contributed by atoms with E-state index in [1.54, 1.807) is 0 Å². The molecule has 1 saturated carbocycles. The summed E-state index contributed by atoms with van der Waals surface area (Å²) in [6.07, 6.45) is 1.74. The Morgan fingerprint density at radius 2 is 2.25 bits per heavy atom. The van der Waals surface area contributed by atoms with E-state index in [9.17, 15) is 4.79 Å². The highest BCUT2D eigenvalue weighted by atomic mass is 16.5. The second-order valence-electron chi connectivity index (χ2n) is 5.29. The van der Waals surface area contributed by atoms with Gasteiger partial charge >= 0.3 is 0 Å². The topological polar surface area (TPSA) is 64.3 Å². The highest BCUT2D eigenvalue weighted by Gasteiger charge is 2.48. The quantitative estimate of drug-likeness (QED) is 0.714. The van der Waals surface area contributed by atoms with Gasteiger partial charge in [-0.15, -0.1) is 0 Å². The second kappa shape index (κ2) is 5.15. The summed E-state index contributed by atoms with van der Waals surface area (Å²) in [6, 6.07) is 0.558. The molecule has 0 aromatic rings. The van der Waals surface area contributed by atoms with Crippen molar-refractivity contribution in [2.75, 3.05) is 6.61 Å². The summed E-state index contributed by atoms with van der Waals surface area (Å²) in [5.74, 6) is -0.251. The first-order chi connectivity index (χ1) is 7.37. The van der Waals surface area contributed by atoms with Crippen LogP contribution in [-0.2, 0) is 9.53 Å². The molecular formula is C12H24N2O2. The molecule has 0 aromatic heterocycles. The molecule has 94 valence electrons. The smallest absolute Gasteiger partial charge is 0.218 e. The Morgan fingerprint density at radius 3 is 2.69 bits per heavy atom. The van der Waals surface area contributed by atoms with Gasteiger partial charge in [0.15, 0.2) is 0 Å². The Bertz CT molecular complexity index is 253. The summed E-state index contributed by atoms with van der Waals surface area (Å²) < 4.78 is 5.65. The van der Waals surface area contributed by atoms with Crippen molar-refractivity contribution in [2.45, 2.75) is 58.7 Å².